The van der Waals surface area contributed by atoms with Gasteiger partial charge in [-0.25, -0.2) is 0 Å². The summed E-state index contributed by atoms with van der Waals surface area (Å²) in [6, 6.07) is 12.7. The smallest absolute Gasteiger partial charge is 0.227 e. The molecule has 0 heterocycles. The van der Waals surface area contributed by atoms with Crippen LogP contribution >= 0.6 is 15.9 Å². The molecule has 0 aliphatic carbocycles. The van der Waals surface area contributed by atoms with Crippen molar-refractivity contribution in [2.75, 3.05) is 26.1 Å². The third kappa shape index (κ3) is 5.17. The zero-order valence-electron chi connectivity index (χ0n) is 13.0. The predicted octanol–water partition coefficient (Wildman–Crippen LogP) is 3.87. The number of nitrogens with one attached hydrogen (secondary N) is 1. The Labute approximate surface area is 143 Å². The lowest BCUT2D eigenvalue weighted by Crippen LogP contribution is -2.15. The second kappa shape index (κ2) is 8.43. The normalized spacial score (nSPS) is 10.0. The molecule has 0 saturated heterocycles. The molecule has 0 fully saturated rings. The van der Waals surface area contributed by atoms with Crippen molar-refractivity contribution in [2.24, 2.45) is 0 Å². The highest BCUT2D eigenvalue weighted by atomic mass is 79.9. The molecule has 0 aliphatic heterocycles. The van der Waals surface area contributed by atoms with Crippen molar-refractivity contribution in [3.63, 3.8) is 0 Å². The molecule has 0 saturated carbocycles. The van der Waals surface area contributed by atoms with Crippen molar-refractivity contribution in [2.45, 2.75) is 6.42 Å². The van der Waals surface area contributed by atoms with Crippen LogP contribution in [-0.2, 0) is 4.79 Å². The molecule has 2 aromatic carbocycles. The Balaban J connectivity index is 1.85. The van der Waals surface area contributed by atoms with Gasteiger partial charge in [0, 0.05) is 16.2 Å². The fourth-order valence-electron chi connectivity index (χ4n) is 1.96. The molecule has 0 unspecified atom stereocenters. The van der Waals surface area contributed by atoms with Crippen LogP contribution in [0.25, 0.3) is 0 Å². The number of benzene rings is 2. The lowest BCUT2D eigenvalue weighted by atomic mass is 10.2. The van der Waals surface area contributed by atoms with Crippen LogP contribution in [0.2, 0.25) is 0 Å². The number of hydrogen-bond donors (Lipinski definition) is 1. The summed E-state index contributed by atoms with van der Waals surface area (Å²) in [5.74, 6) is 1.77. The Morgan fingerprint density at radius 3 is 2.57 bits per heavy atom. The van der Waals surface area contributed by atoms with E-state index in [0.29, 0.717) is 23.8 Å². The minimum absolute atomic E-state index is 0.132. The number of hydrogen-bond acceptors (Lipinski definition) is 4. The van der Waals surface area contributed by atoms with E-state index in [-0.39, 0.29) is 12.3 Å². The average molecular weight is 380 g/mol. The molecule has 2 rings (SSSR count). The number of halogens is 1. The molecular weight excluding hydrogens is 362 g/mol. The molecule has 0 radical (unpaired) electrons. The molecule has 23 heavy (non-hydrogen) atoms. The van der Waals surface area contributed by atoms with Crippen molar-refractivity contribution in [3.05, 3.63) is 46.9 Å². The van der Waals surface area contributed by atoms with E-state index in [2.05, 4.69) is 21.2 Å². The van der Waals surface area contributed by atoms with Gasteiger partial charge in [0.1, 0.15) is 5.75 Å². The highest BCUT2D eigenvalue weighted by Crippen LogP contribution is 2.29. The van der Waals surface area contributed by atoms with Gasteiger partial charge in [-0.2, -0.15) is 0 Å². The Morgan fingerprint density at radius 1 is 1.09 bits per heavy atom. The second-order valence-corrected chi connectivity index (χ2v) is 5.59. The molecule has 0 spiro atoms. The summed E-state index contributed by atoms with van der Waals surface area (Å²) in [6.07, 6.45) is 0.251. The van der Waals surface area contributed by atoms with Crippen LogP contribution < -0.4 is 19.5 Å². The van der Waals surface area contributed by atoms with Gasteiger partial charge in [0.25, 0.3) is 0 Å². The molecule has 0 aromatic heterocycles. The minimum Gasteiger partial charge on any atom is -0.493 e. The van der Waals surface area contributed by atoms with Gasteiger partial charge in [-0.1, -0.05) is 22.0 Å². The van der Waals surface area contributed by atoms with E-state index in [4.69, 9.17) is 14.2 Å². The molecule has 0 bridgehead atoms. The van der Waals surface area contributed by atoms with Gasteiger partial charge >= 0.3 is 0 Å². The first-order chi connectivity index (χ1) is 11.1. The van der Waals surface area contributed by atoms with Gasteiger partial charge in [-0.15, -0.1) is 0 Å². The third-order valence-electron chi connectivity index (χ3n) is 3.06. The third-order valence-corrected chi connectivity index (χ3v) is 3.55. The number of carbonyl (C=O) groups is 1. The Bertz CT molecular complexity index is 675. The van der Waals surface area contributed by atoms with Crippen LogP contribution in [0.1, 0.15) is 6.42 Å². The van der Waals surface area contributed by atoms with Crippen LogP contribution in [0.5, 0.6) is 17.2 Å². The van der Waals surface area contributed by atoms with Gasteiger partial charge < -0.3 is 19.5 Å². The Morgan fingerprint density at radius 2 is 1.87 bits per heavy atom. The van der Waals surface area contributed by atoms with E-state index in [1.165, 1.54) is 0 Å². The standard InChI is InChI=1S/C17H18BrNO4/c1-21-15-7-6-13(11-16(15)22-2)19-17(20)8-9-23-14-5-3-4-12(18)10-14/h3-7,10-11H,8-9H2,1-2H3,(H,19,20). The van der Waals surface area contributed by atoms with Crippen molar-refractivity contribution >= 4 is 27.5 Å². The predicted molar refractivity (Wildman–Crippen MR) is 92.4 cm³/mol. The maximum Gasteiger partial charge on any atom is 0.227 e. The number of anilines is 1. The van der Waals surface area contributed by atoms with Gasteiger partial charge in [0.2, 0.25) is 5.91 Å². The topological polar surface area (TPSA) is 56.8 Å². The molecule has 0 atom stereocenters. The van der Waals surface area contributed by atoms with Crippen LogP contribution in [0.4, 0.5) is 5.69 Å². The average Bonchev–Trinajstić information content (AvgIpc) is 2.54. The number of ether oxygens (including phenoxy) is 3. The van der Waals surface area contributed by atoms with E-state index in [1.54, 1.807) is 32.4 Å². The van der Waals surface area contributed by atoms with Crippen LogP contribution in [0, 0.1) is 0 Å². The van der Waals surface area contributed by atoms with Crippen molar-refractivity contribution in [3.8, 4) is 17.2 Å². The SMILES string of the molecule is COc1ccc(NC(=O)CCOc2cccc(Br)c2)cc1OC. The zero-order chi connectivity index (χ0) is 16.7. The summed E-state index contributed by atoms with van der Waals surface area (Å²) in [6.45, 7) is 0.301. The summed E-state index contributed by atoms with van der Waals surface area (Å²) >= 11 is 3.37. The quantitative estimate of drug-likeness (QED) is 0.792. The van der Waals surface area contributed by atoms with E-state index >= 15 is 0 Å². The summed E-state index contributed by atoms with van der Waals surface area (Å²) in [7, 11) is 3.12. The lowest BCUT2D eigenvalue weighted by Gasteiger charge is -2.11. The largest absolute Gasteiger partial charge is 0.493 e. The number of amides is 1. The first kappa shape index (κ1) is 17.1. The zero-order valence-corrected chi connectivity index (χ0v) is 14.6. The van der Waals surface area contributed by atoms with Gasteiger partial charge in [-0.05, 0) is 30.3 Å². The molecular formula is C17H18BrNO4. The lowest BCUT2D eigenvalue weighted by molar-refractivity contribution is -0.116. The van der Waals surface area contributed by atoms with Crippen molar-refractivity contribution < 1.29 is 19.0 Å². The first-order valence-corrected chi connectivity index (χ1v) is 7.82. The molecule has 5 nitrogen and oxygen atoms in total. The van der Waals surface area contributed by atoms with Crippen LogP contribution in [0.3, 0.4) is 0 Å². The second-order valence-electron chi connectivity index (χ2n) is 4.67. The highest BCUT2D eigenvalue weighted by molar-refractivity contribution is 9.10. The maximum atomic E-state index is 12.0. The molecule has 1 N–H and O–H groups in total. The van der Waals surface area contributed by atoms with Gasteiger partial charge in [0.15, 0.2) is 11.5 Å². The van der Waals surface area contributed by atoms with E-state index in [0.717, 1.165) is 10.2 Å². The molecule has 2 aromatic rings. The van der Waals surface area contributed by atoms with Crippen LogP contribution in [-0.4, -0.2) is 26.7 Å². The number of methoxy groups -OCH3 is 2. The van der Waals surface area contributed by atoms with Gasteiger partial charge in [-0.3, -0.25) is 4.79 Å². The fraction of sp³-hybridized carbons (Fsp3) is 0.235. The van der Waals surface area contributed by atoms with Crippen LogP contribution in [0.15, 0.2) is 46.9 Å². The summed E-state index contributed by atoms with van der Waals surface area (Å²) in [5, 5.41) is 2.80. The summed E-state index contributed by atoms with van der Waals surface area (Å²) < 4.78 is 16.8. The highest BCUT2D eigenvalue weighted by Gasteiger charge is 2.07. The van der Waals surface area contributed by atoms with E-state index < -0.39 is 0 Å². The van der Waals surface area contributed by atoms with E-state index in [9.17, 15) is 4.79 Å². The van der Waals surface area contributed by atoms with E-state index in [1.807, 2.05) is 24.3 Å². The van der Waals surface area contributed by atoms with Crippen molar-refractivity contribution in [1.29, 1.82) is 0 Å². The molecule has 6 heteroatoms. The summed E-state index contributed by atoms with van der Waals surface area (Å²) in [5.41, 5.74) is 0.648. The Kier molecular flexibility index (Phi) is 6.29. The molecule has 122 valence electrons. The molecule has 1 amide bonds. The van der Waals surface area contributed by atoms with Crippen molar-refractivity contribution in [1.82, 2.24) is 0 Å². The molecule has 0 aliphatic rings. The summed E-state index contributed by atoms with van der Waals surface area (Å²) in [4.78, 5) is 12.0. The minimum atomic E-state index is -0.132. The van der Waals surface area contributed by atoms with Gasteiger partial charge in [0.05, 0.1) is 27.2 Å². The monoisotopic (exact) mass is 379 g/mol. The maximum absolute atomic E-state index is 12.0. The number of carbonyl (C=O) groups excluding carboxylic acids is 1. The first-order valence-electron chi connectivity index (χ1n) is 7.02. The Hall–Kier alpha value is -2.21. The fourth-order valence-corrected chi connectivity index (χ4v) is 2.33. The number of rotatable bonds is 7.